The zero-order valence-electron chi connectivity index (χ0n) is 10.6. The fourth-order valence-corrected chi connectivity index (χ4v) is 2.37. The highest BCUT2D eigenvalue weighted by Crippen LogP contribution is 2.32. The summed E-state index contributed by atoms with van der Waals surface area (Å²) in [5, 5.41) is 15.4. The van der Waals surface area contributed by atoms with E-state index in [0.717, 1.165) is 4.88 Å². The SMILES string of the molecule is O=[N+]([O-])c1cnc(C(F)(F)F)cc1NCCc1cccs1. The molecule has 0 unspecified atom stereocenters. The fraction of sp³-hybridized carbons (Fsp3) is 0.250. The summed E-state index contributed by atoms with van der Waals surface area (Å²) >= 11 is 1.51. The average molecular weight is 317 g/mol. The first-order valence-corrected chi connectivity index (χ1v) is 6.74. The van der Waals surface area contributed by atoms with E-state index >= 15 is 0 Å². The predicted octanol–water partition coefficient (Wildman–Crippen LogP) is 3.72. The maximum Gasteiger partial charge on any atom is 0.433 e. The van der Waals surface area contributed by atoms with Gasteiger partial charge < -0.3 is 5.32 Å². The van der Waals surface area contributed by atoms with Gasteiger partial charge >= 0.3 is 11.9 Å². The first kappa shape index (κ1) is 15.2. The highest BCUT2D eigenvalue weighted by Gasteiger charge is 2.34. The van der Waals surface area contributed by atoms with E-state index < -0.39 is 22.5 Å². The minimum atomic E-state index is -4.64. The summed E-state index contributed by atoms with van der Waals surface area (Å²) in [6, 6.07) is 4.40. The molecule has 2 rings (SSSR count). The highest BCUT2D eigenvalue weighted by atomic mass is 32.1. The molecule has 112 valence electrons. The first-order chi connectivity index (χ1) is 9.88. The third-order valence-electron chi connectivity index (χ3n) is 2.64. The summed E-state index contributed by atoms with van der Waals surface area (Å²) in [4.78, 5) is 14.2. The normalized spacial score (nSPS) is 11.4. The number of alkyl halides is 3. The number of aromatic nitrogens is 1. The van der Waals surface area contributed by atoms with Gasteiger partial charge in [0.25, 0.3) is 0 Å². The van der Waals surface area contributed by atoms with E-state index in [1.807, 2.05) is 17.5 Å². The molecule has 0 bridgehead atoms. The van der Waals surface area contributed by atoms with Gasteiger partial charge in [0.15, 0.2) is 0 Å². The van der Waals surface area contributed by atoms with Crippen molar-refractivity contribution in [3.63, 3.8) is 0 Å². The van der Waals surface area contributed by atoms with E-state index in [1.165, 1.54) is 11.3 Å². The highest BCUT2D eigenvalue weighted by molar-refractivity contribution is 7.09. The minimum absolute atomic E-state index is 0.182. The number of nitrogens with zero attached hydrogens (tertiary/aromatic N) is 2. The monoisotopic (exact) mass is 317 g/mol. The Morgan fingerprint density at radius 2 is 2.19 bits per heavy atom. The van der Waals surface area contributed by atoms with Gasteiger partial charge in [0.05, 0.1) is 4.92 Å². The summed E-state index contributed by atoms with van der Waals surface area (Å²) in [6.45, 7) is 0.294. The molecule has 0 aliphatic carbocycles. The molecule has 0 spiro atoms. The fourth-order valence-electron chi connectivity index (χ4n) is 1.67. The number of anilines is 1. The lowest BCUT2D eigenvalue weighted by molar-refractivity contribution is -0.384. The smallest absolute Gasteiger partial charge is 0.379 e. The van der Waals surface area contributed by atoms with Crippen LogP contribution in [0.2, 0.25) is 0 Å². The lowest BCUT2D eigenvalue weighted by Gasteiger charge is -2.10. The van der Waals surface area contributed by atoms with E-state index in [0.29, 0.717) is 25.2 Å². The average Bonchev–Trinajstić information content (AvgIpc) is 2.90. The maximum atomic E-state index is 12.6. The Morgan fingerprint density at radius 3 is 2.76 bits per heavy atom. The molecular formula is C12H10F3N3O2S. The largest absolute Gasteiger partial charge is 0.433 e. The minimum Gasteiger partial charge on any atom is -0.379 e. The van der Waals surface area contributed by atoms with Crippen LogP contribution in [0, 0.1) is 10.1 Å². The lowest BCUT2D eigenvalue weighted by atomic mass is 10.2. The molecule has 9 heteroatoms. The number of nitrogens with one attached hydrogen (secondary N) is 1. The summed E-state index contributed by atoms with van der Waals surface area (Å²) in [6.07, 6.45) is -3.45. The van der Waals surface area contributed by atoms with Crippen LogP contribution in [-0.4, -0.2) is 16.5 Å². The van der Waals surface area contributed by atoms with Crippen LogP contribution in [0.4, 0.5) is 24.5 Å². The van der Waals surface area contributed by atoms with Crippen molar-refractivity contribution in [3.8, 4) is 0 Å². The maximum absolute atomic E-state index is 12.6. The van der Waals surface area contributed by atoms with E-state index in [9.17, 15) is 23.3 Å². The molecular weight excluding hydrogens is 307 g/mol. The van der Waals surface area contributed by atoms with Crippen molar-refractivity contribution in [2.75, 3.05) is 11.9 Å². The van der Waals surface area contributed by atoms with Crippen molar-refractivity contribution >= 4 is 22.7 Å². The molecule has 0 aromatic carbocycles. The number of hydrogen-bond donors (Lipinski definition) is 1. The summed E-state index contributed by atoms with van der Waals surface area (Å²) in [7, 11) is 0. The van der Waals surface area contributed by atoms with E-state index in [4.69, 9.17) is 0 Å². The van der Waals surface area contributed by atoms with Gasteiger partial charge in [-0.25, -0.2) is 4.98 Å². The van der Waals surface area contributed by atoms with Crippen molar-refractivity contribution in [1.82, 2.24) is 4.98 Å². The Hall–Kier alpha value is -2.16. The second kappa shape index (κ2) is 6.08. The Bertz CT molecular complexity index is 629. The molecule has 0 saturated carbocycles. The van der Waals surface area contributed by atoms with Gasteiger partial charge in [-0.2, -0.15) is 13.2 Å². The Labute approximate surface area is 121 Å². The molecule has 2 heterocycles. The van der Waals surface area contributed by atoms with Crippen LogP contribution in [0.1, 0.15) is 10.6 Å². The van der Waals surface area contributed by atoms with Gasteiger partial charge in [0.1, 0.15) is 17.6 Å². The molecule has 0 radical (unpaired) electrons. The van der Waals surface area contributed by atoms with E-state index in [-0.39, 0.29) is 5.69 Å². The lowest BCUT2D eigenvalue weighted by Crippen LogP contribution is -2.12. The zero-order valence-corrected chi connectivity index (χ0v) is 11.4. The number of rotatable bonds is 5. The van der Waals surface area contributed by atoms with Crippen LogP contribution in [0.3, 0.4) is 0 Å². The molecule has 1 N–H and O–H groups in total. The molecule has 5 nitrogen and oxygen atoms in total. The molecule has 21 heavy (non-hydrogen) atoms. The van der Waals surface area contributed by atoms with Crippen molar-refractivity contribution < 1.29 is 18.1 Å². The first-order valence-electron chi connectivity index (χ1n) is 5.86. The summed E-state index contributed by atoms with van der Waals surface area (Å²) < 4.78 is 37.8. The summed E-state index contributed by atoms with van der Waals surface area (Å²) in [5.41, 5.74) is -1.82. The van der Waals surface area contributed by atoms with Gasteiger partial charge in [-0.3, -0.25) is 10.1 Å². The number of halogens is 3. The van der Waals surface area contributed by atoms with Crippen LogP contribution >= 0.6 is 11.3 Å². The molecule has 0 aliphatic rings. The van der Waals surface area contributed by atoms with Crippen LogP contribution in [0.5, 0.6) is 0 Å². The Balaban J connectivity index is 2.16. The number of pyridine rings is 1. The molecule has 2 aromatic heterocycles. The van der Waals surface area contributed by atoms with Crippen LogP contribution < -0.4 is 5.32 Å². The molecule has 0 atom stereocenters. The number of thiophene rings is 1. The second-order valence-electron chi connectivity index (χ2n) is 4.10. The molecule has 0 saturated heterocycles. The molecule has 0 aliphatic heterocycles. The quantitative estimate of drug-likeness (QED) is 0.674. The summed E-state index contributed by atoms with van der Waals surface area (Å²) in [5.74, 6) is 0. The van der Waals surface area contributed by atoms with Crippen molar-refractivity contribution in [1.29, 1.82) is 0 Å². The van der Waals surface area contributed by atoms with E-state index in [1.54, 1.807) is 0 Å². The number of hydrogen-bond acceptors (Lipinski definition) is 5. The zero-order chi connectivity index (χ0) is 15.5. The van der Waals surface area contributed by atoms with Gasteiger partial charge in [-0.15, -0.1) is 11.3 Å². The van der Waals surface area contributed by atoms with Gasteiger partial charge in [0, 0.05) is 11.4 Å². The Morgan fingerprint density at radius 1 is 1.43 bits per heavy atom. The van der Waals surface area contributed by atoms with Crippen molar-refractivity contribution in [3.05, 3.63) is 50.5 Å². The van der Waals surface area contributed by atoms with Crippen LogP contribution in [0.15, 0.2) is 29.8 Å². The third kappa shape index (κ3) is 3.91. The topological polar surface area (TPSA) is 68.1 Å². The predicted molar refractivity (Wildman–Crippen MR) is 72.4 cm³/mol. The number of nitro groups is 1. The second-order valence-corrected chi connectivity index (χ2v) is 5.13. The van der Waals surface area contributed by atoms with Gasteiger partial charge in [-0.05, 0) is 23.9 Å². The van der Waals surface area contributed by atoms with Gasteiger partial charge in [0.2, 0.25) is 0 Å². The third-order valence-corrected chi connectivity index (χ3v) is 3.57. The standard InChI is InChI=1S/C12H10F3N3O2S/c13-12(14,15)11-6-9(10(7-17-11)18(19)20)16-4-3-8-2-1-5-21-8/h1-2,5-7H,3-4H2,(H,16,17). The van der Waals surface area contributed by atoms with Crippen molar-refractivity contribution in [2.45, 2.75) is 12.6 Å². The van der Waals surface area contributed by atoms with Crippen LogP contribution in [0.25, 0.3) is 0 Å². The molecule has 2 aromatic rings. The molecule has 0 amide bonds. The Kier molecular flexibility index (Phi) is 4.41. The van der Waals surface area contributed by atoms with Gasteiger partial charge in [-0.1, -0.05) is 6.07 Å². The van der Waals surface area contributed by atoms with Crippen LogP contribution in [-0.2, 0) is 12.6 Å². The van der Waals surface area contributed by atoms with Crippen molar-refractivity contribution in [2.24, 2.45) is 0 Å². The van der Waals surface area contributed by atoms with E-state index in [2.05, 4.69) is 10.3 Å². The molecule has 0 fully saturated rings.